The first-order valence-corrected chi connectivity index (χ1v) is 6.72. The summed E-state index contributed by atoms with van der Waals surface area (Å²) in [5.41, 5.74) is 2.44. The molecule has 0 atom stereocenters. The summed E-state index contributed by atoms with van der Waals surface area (Å²) in [6.07, 6.45) is 6.70. The third kappa shape index (κ3) is 14.2. The van der Waals surface area contributed by atoms with Crippen molar-refractivity contribution >= 4 is 11.9 Å². The third-order valence-electron chi connectivity index (χ3n) is 2.26. The van der Waals surface area contributed by atoms with E-state index in [2.05, 4.69) is 40.0 Å². The Labute approximate surface area is 121 Å². The normalized spacial score (nSPS) is 8.95. The van der Waals surface area contributed by atoms with Gasteiger partial charge in [0.15, 0.2) is 0 Å². The van der Waals surface area contributed by atoms with Crippen LogP contribution in [0.4, 0.5) is 0 Å². The van der Waals surface area contributed by atoms with Gasteiger partial charge in [0.1, 0.15) is 0 Å². The Kier molecular flexibility index (Phi) is 12.5. The second-order valence-electron chi connectivity index (χ2n) is 4.63. The van der Waals surface area contributed by atoms with Gasteiger partial charge in [0.25, 0.3) is 0 Å². The first kappa shape index (κ1) is 20.5. The summed E-state index contributed by atoms with van der Waals surface area (Å²) in [7, 11) is 0. The molecule has 2 N–H and O–H groups in total. The van der Waals surface area contributed by atoms with Crippen LogP contribution in [0, 0.1) is 0 Å². The molecule has 0 aromatic rings. The Balaban J connectivity index is 0. The van der Waals surface area contributed by atoms with Gasteiger partial charge < -0.3 is 10.2 Å². The fourth-order valence-electron chi connectivity index (χ4n) is 1.52. The van der Waals surface area contributed by atoms with Gasteiger partial charge in [-0.25, -0.2) is 4.79 Å². The molecule has 4 nitrogen and oxygen atoms in total. The van der Waals surface area contributed by atoms with Gasteiger partial charge in [-0.05, 0) is 19.8 Å². The van der Waals surface area contributed by atoms with Crippen LogP contribution in [-0.4, -0.2) is 22.2 Å². The van der Waals surface area contributed by atoms with Crippen molar-refractivity contribution in [3.8, 4) is 0 Å². The molecule has 0 aliphatic carbocycles. The van der Waals surface area contributed by atoms with Crippen molar-refractivity contribution in [1.82, 2.24) is 0 Å². The van der Waals surface area contributed by atoms with E-state index in [0.29, 0.717) is 0 Å². The number of carboxylic acid groups (broad SMARTS) is 2. The van der Waals surface area contributed by atoms with E-state index in [9.17, 15) is 9.59 Å². The smallest absolute Gasteiger partial charge is 0.331 e. The summed E-state index contributed by atoms with van der Waals surface area (Å²) in [5.74, 6) is -2.44. The van der Waals surface area contributed by atoms with Gasteiger partial charge >= 0.3 is 11.9 Å². The predicted octanol–water partition coefficient (Wildman–Crippen LogP) is 4.19. The van der Waals surface area contributed by atoms with Crippen molar-refractivity contribution in [2.24, 2.45) is 0 Å². The summed E-state index contributed by atoms with van der Waals surface area (Å²) in [6.45, 7) is 13.4. The average Bonchev–Trinajstić information content (AvgIpc) is 2.28. The van der Waals surface area contributed by atoms with Gasteiger partial charge in [0.2, 0.25) is 0 Å². The van der Waals surface area contributed by atoms with Crippen LogP contribution in [0.3, 0.4) is 0 Å². The fourth-order valence-corrected chi connectivity index (χ4v) is 1.52. The Hall–Kier alpha value is -1.84. The van der Waals surface area contributed by atoms with E-state index in [1.807, 2.05) is 0 Å². The zero-order valence-electron chi connectivity index (χ0n) is 12.7. The molecule has 0 rings (SSSR count). The van der Waals surface area contributed by atoms with Crippen LogP contribution in [0.15, 0.2) is 36.0 Å². The van der Waals surface area contributed by atoms with E-state index >= 15 is 0 Å². The van der Waals surface area contributed by atoms with Crippen molar-refractivity contribution in [3.63, 3.8) is 0 Å². The number of allylic oxidation sites excluding steroid dienone is 3. The fraction of sp³-hybridized carbons (Fsp3) is 0.500. The molecule has 0 amide bonds. The molecule has 4 heteroatoms. The summed E-state index contributed by atoms with van der Waals surface area (Å²) in [6, 6.07) is 0. The van der Waals surface area contributed by atoms with Crippen LogP contribution in [0.1, 0.15) is 52.9 Å². The summed E-state index contributed by atoms with van der Waals surface area (Å²) >= 11 is 0. The lowest BCUT2D eigenvalue weighted by Crippen LogP contribution is -2.04. The molecule has 0 fully saturated rings. The molecule has 0 aliphatic rings. The van der Waals surface area contributed by atoms with Gasteiger partial charge in [0.05, 0.1) is 6.42 Å². The van der Waals surface area contributed by atoms with Crippen molar-refractivity contribution in [3.05, 3.63) is 36.0 Å². The molecular weight excluding hydrogens is 256 g/mol. The molecule has 0 spiro atoms. The van der Waals surface area contributed by atoms with Crippen molar-refractivity contribution in [1.29, 1.82) is 0 Å². The van der Waals surface area contributed by atoms with Gasteiger partial charge in [-0.2, -0.15) is 0 Å². The standard InChI is InChI=1S/C11H20.C5H6O4/c1-5-7-11(8-6-2)9-10(3)4;1-3(5(8)9)2-4(6)7/h9H,3,5-8H2,1-2,4H3;1-2H2,(H,6,7)(H,8,9). The Morgan fingerprint density at radius 1 is 1.05 bits per heavy atom. The maximum Gasteiger partial charge on any atom is 0.331 e. The van der Waals surface area contributed by atoms with Gasteiger partial charge in [-0.15, -0.1) is 0 Å². The minimum Gasteiger partial charge on any atom is -0.481 e. The molecule has 20 heavy (non-hydrogen) atoms. The minimum atomic E-state index is -1.27. The Morgan fingerprint density at radius 2 is 1.50 bits per heavy atom. The first-order valence-electron chi connectivity index (χ1n) is 6.72. The molecule has 0 aromatic carbocycles. The molecule has 114 valence electrons. The molecule has 0 heterocycles. The highest BCUT2D eigenvalue weighted by molar-refractivity contribution is 5.91. The highest BCUT2D eigenvalue weighted by atomic mass is 16.4. The largest absolute Gasteiger partial charge is 0.481 e. The molecule has 0 aromatic heterocycles. The number of aliphatic carboxylic acids is 2. The number of hydrogen-bond donors (Lipinski definition) is 2. The number of rotatable bonds is 8. The van der Waals surface area contributed by atoms with Gasteiger partial charge in [-0.1, -0.05) is 57.1 Å². The maximum atomic E-state index is 9.87. The van der Waals surface area contributed by atoms with Crippen molar-refractivity contribution < 1.29 is 19.8 Å². The lowest BCUT2D eigenvalue weighted by atomic mass is 10.0. The van der Waals surface area contributed by atoms with E-state index in [4.69, 9.17) is 10.2 Å². The average molecular weight is 282 g/mol. The van der Waals surface area contributed by atoms with Crippen LogP contribution < -0.4 is 0 Å². The Morgan fingerprint density at radius 3 is 1.70 bits per heavy atom. The van der Waals surface area contributed by atoms with E-state index in [0.717, 1.165) is 0 Å². The molecule has 0 unspecified atom stereocenters. The van der Waals surface area contributed by atoms with Crippen LogP contribution in [0.2, 0.25) is 0 Å². The predicted molar refractivity (Wildman–Crippen MR) is 81.7 cm³/mol. The SMILES string of the molecule is C=C(C)C=C(CCC)CCC.C=C(CC(=O)O)C(=O)O. The number of hydrogen-bond acceptors (Lipinski definition) is 2. The minimum absolute atomic E-state index is 0.303. The van der Waals surface area contributed by atoms with Crippen molar-refractivity contribution in [2.75, 3.05) is 0 Å². The van der Waals surface area contributed by atoms with Crippen molar-refractivity contribution in [2.45, 2.75) is 52.9 Å². The molecule has 0 bridgehead atoms. The quantitative estimate of drug-likeness (QED) is 0.517. The lowest BCUT2D eigenvalue weighted by molar-refractivity contribution is -0.139. The van der Waals surface area contributed by atoms with E-state index < -0.39 is 18.4 Å². The number of carboxylic acids is 2. The van der Waals surface area contributed by atoms with E-state index in [1.165, 1.54) is 31.3 Å². The molecule has 0 saturated carbocycles. The van der Waals surface area contributed by atoms with Crippen LogP contribution in [0.25, 0.3) is 0 Å². The molecule has 0 radical (unpaired) electrons. The van der Waals surface area contributed by atoms with E-state index in [-0.39, 0.29) is 5.57 Å². The monoisotopic (exact) mass is 282 g/mol. The highest BCUT2D eigenvalue weighted by Crippen LogP contribution is 2.13. The van der Waals surface area contributed by atoms with E-state index in [1.54, 1.807) is 5.57 Å². The molecule has 0 aliphatic heterocycles. The topological polar surface area (TPSA) is 74.6 Å². The Bertz CT molecular complexity index is 370. The van der Waals surface area contributed by atoms with Gasteiger partial charge in [-0.3, -0.25) is 4.79 Å². The van der Waals surface area contributed by atoms with Crippen LogP contribution in [-0.2, 0) is 9.59 Å². The summed E-state index contributed by atoms with van der Waals surface area (Å²) < 4.78 is 0. The summed E-state index contributed by atoms with van der Waals surface area (Å²) in [5, 5.41) is 16.1. The highest BCUT2D eigenvalue weighted by Gasteiger charge is 2.07. The second kappa shape index (κ2) is 12.2. The van der Waals surface area contributed by atoms with Gasteiger partial charge in [0, 0.05) is 5.57 Å². The maximum absolute atomic E-state index is 9.87. The number of carbonyl (C=O) groups is 2. The third-order valence-corrected chi connectivity index (χ3v) is 2.26. The van der Waals surface area contributed by atoms with Crippen LogP contribution in [0.5, 0.6) is 0 Å². The molecular formula is C16H26O4. The zero-order chi connectivity index (χ0) is 16.1. The summed E-state index contributed by atoms with van der Waals surface area (Å²) in [4.78, 5) is 19.7. The molecule has 0 saturated heterocycles. The van der Waals surface area contributed by atoms with Crippen LogP contribution >= 0.6 is 0 Å². The second-order valence-corrected chi connectivity index (χ2v) is 4.63. The first-order chi connectivity index (χ1) is 9.24. The zero-order valence-corrected chi connectivity index (χ0v) is 12.7. The lowest BCUT2D eigenvalue weighted by Gasteiger charge is -2.03.